The van der Waals surface area contributed by atoms with Crippen LogP contribution in [0.2, 0.25) is 0 Å². The summed E-state index contributed by atoms with van der Waals surface area (Å²) < 4.78 is 1.99. The third kappa shape index (κ3) is 3.68. The second kappa shape index (κ2) is 7.54. The topological polar surface area (TPSA) is 29.9 Å². The number of nitrogens with zero attached hydrogens (tertiary/aromatic N) is 2. The van der Waals surface area contributed by atoms with Crippen molar-refractivity contribution in [2.45, 2.75) is 26.1 Å². The second-order valence-electron chi connectivity index (χ2n) is 6.70. The van der Waals surface area contributed by atoms with Crippen LogP contribution in [0.3, 0.4) is 0 Å². The summed E-state index contributed by atoms with van der Waals surface area (Å²) in [6.45, 7) is 3.83. The van der Waals surface area contributed by atoms with E-state index in [4.69, 9.17) is 0 Å². The van der Waals surface area contributed by atoms with Gasteiger partial charge in [0.1, 0.15) is 0 Å². The maximum atomic E-state index is 4.49. The molecule has 0 spiro atoms. The van der Waals surface area contributed by atoms with E-state index in [1.165, 1.54) is 27.5 Å². The fourth-order valence-corrected chi connectivity index (χ4v) is 3.36. The molecule has 4 rings (SSSR count). The van der Waals surface area contributed by atoms with Gasteiger partial charge in [-0.05, 0) is 28.8 Å². The first-order valence-corrected chi connectivity index (χ1v) is 9.06. The lowest BCUT2D eigenvalue weighted by Gasteiger charge is -2.16. The molecular weight excluding hydrogens is 318 g/mol. The molecule has 0 bridgehead atoms. The van der Waals surface area contributed by atoms with E-state index in [9.17, 15) is 0 Å². The molecule has 130 valence electrons. The average molecular weight is 341 g/mol. The summed E-state index contributed by atoms with van der Waals surface area (Å²) in [5.74, 6) is 0. The fraction of sp³-hybridized carbons (Fsp3) is 0.174. The normalized spacial score (nSPS) is 12.3. The van der Waals surface area contributed by atoms with Crippen molar-refractivity contribution in [3.63, 3.8) is 0 Å². The molecule has 0 aliphatic rings. The molecule has 0 unspecified atom stereocenters. The Bertz CT molecular complexity index is 983. The molecule has 3 aromatic carbocycles. The van der Waals surface area contributed by atoms with Crippen LogP contribution in [0.1, 0.15) is 29.7 Å². The van der Waals surface area contributed by atoms with Crippen molar-refractivity contribution in [2.75, 3.05) is 0 Å². The highest BCUT2D eigenvalue weighted by Crippen LogP contribution is 2.24. The third-order valence-electron chi connectivity index (χ3n) is 4.78. The van der Waals surface area contributed by atoms with Crippen LogP contribution in [0.25, 0.3) is 10.8 Å². The van der Waals surface area contributed by atoms with E-state index < -0.39 is 0 Å². The maximum absolute atomic E-state index is 4.49. The summed E-state index contributed by atoms with van der Waals surface area (Å²) in [6, 6.07) is 25.8. The number of rotatable bonds is 6. The van der Waals surface area contributed by atoms with Gasteiger partial charge in [0.15, 0.2) is 0 Å². The summed E-state index contributed by atoms with van der Waals surface area (Å²) in [5.41, 5.74) is 3.80. The monoisotopic (exact) mass is 341 g/mol. The Morgan fingerprint density at radius 3 is 2.54 bits per heavy atom. The molecule has 1 N–H and O–H groups in total. The van der Waals surface area contributed by atoms with Gasteiger partial charge in [0.25, 0.3) is 0 Å². The van der Waals surface area contributed by atoms with E-state index in [0.29, 0.717) is 0 Å². The van der Waals surface area contributed by atoms with Gasteiger partial charge in [-0.1, -0.05) is 72.8 Å². The van der Waals surface area contributed by atoms with E-state index in [0.717, 1.165) is 13.1 Å². The lowest BCUT2D eigenvalue weighted by molar-refractivity contribution is 0.577. The number of benzene rings is 3. The van der Waals surface area contributed by atoms with Crippen LogP contribution in [-0.2, 0) is 13.1 Å². The Hall–Kier alpha value is -2.91. The standard InChI is InChI=1S/C23H23N3/c1-18(22-13-7-11-21-10-5-6-12-23(21)22)24-14-20-15-25-26(17-20)16-19-8-3-2-4-9-19/h2-13,15,17-18,24H,14,16H2,1H3/t18-/m0/s1. The highest BCUT2D eigenvalue weighted by Gasteiger charge is 2.09. The largest absolute Gasteiger partial charge is 0.306 e. The van der Waals surface area contributed by atoms with Crippen molar-refractivity contribution in [1.29, 1.82) is 0 Å². The summed E-state index contributed by atoms with van der Waals surface area (Å²) >= 11 is 0. The minimum absolute atomic E-state index is 0.276. The Balaban J connectivity index is 1.42. The SMILES string of the molecule is C[C@H](NCc1cnn(Cc2ccccc2)c1)c1cccc2ccccc12. The molecule has 26 heavy (non-hydrogen) atoms. The predicted molar refractivity (Wildman–Crippen MR) is 107 cm³/mol. The van der Waals surface area contributed by atoms with Crippen molar-refractivity contribution in [2.24, 2.45) is 0 Å². The Morgan fingerprint density at radius 2 is 1.65 bits per heavy atom. The molecule has 1 heterocycles. The van der Waals surface area contributed by atoms with Crippen molar-refractivity contribution in [1.82, 2.24) is 15.1 Å². The van der Waals surface area contributed by atoms with Crippen molar-refractivity contribution < 1.29 is 0 Å². The first-order chi connectivity index (χ1) is 12.8. The van der Waals surface area contributed by atoms with Crippen LogP contribution in [-0.4, -0.2) is 9.78 Å². The van der Waals surface area contributed by atoms with Gasteiger partial charge in [0.05, 0.1) is 12.7 Å². The average Bonchev–Trinajstić information content (AvgIpc) is 3.14. The first-order valence-electron chi connectivity index (χ1n) is 9.06. The zero-order valence-electron chi connectivity index (χ0n) is 15.0. The van der Waals surface area contributed by atoms with Crippen LogP contribution in [0, 0.1) is 0 Å². The van der Waals surface area contributed by atoms with Crippen LogP contribution in [0.4, 0.5) is 0 Å². The Kier molecular flexibility index (Phi) is 4.80. The Morgan fingerprint density at radius 1 is 0.885 bits per heavy atom. The molecule has 3 nitrogen and oxygen atoms in total. The molecule has 0 amide bonds. The fourth-order valence-electron chi connectivity index (χ4n) is 3.36. The van der Waals surface area contributed by atoms with E-state index in [1.807, 2.05) is 16.9 Å². The number of aromatic nitrogens is 2. The molecule has 4 aromatic rings. The van der Waals surface area contributed by atoms with E-state index in [1.54, 1.807) is 0 Å². The molecule has 0 fully saturated rings. The van der Waals surface area contributed by atoms with Gasteiger partial charge in [0.2, 0.25) is 0 Å². The molecule has 0 radical (unpaired) electrons. The molecule has 0 aliphatic carbocycles. The van der Waals surface area contributed by atoms with Gasteiger partial charge in [0, 0.05) is 24.3 Å². The summed E-state index contributed by atoms with van der Waals surface area (Å²) in [7, 11) is 0. The quantitative estimate of drug-likeness (QED) is 0.538. The van der Waals surface area contributed by atoms with Gasteiger partial charge in [-0.3, -0.25) is 4.68 Å². The van der Waals surface area contributed by atoms with Crippen LogP contribution in [0.15, 0.2) is 85.2 Å². The van der Waals surface area contributed by atoms with E-state index >= 15 is 0 Å². The van der Waals surface area contributed by atoms with Crippen LogP contribution >= 0.6 is 0 Å². The van der Waals surface area contributed by atoms with Gasteiger partial charge in [-0.2, -0.15) is 5.10 Å². The minimum atomic E-state index is 0.276. The molecule has 1 aromatic heterocycles. The molecule has 0 aliphatic heterocycles. The molecule has 1 atom stereocenters. The lowest BCUT2D eigenvalue weighted by Crippen LogP contribution is -2.18. The number of nitrogens with one attached hydrogen (secondary N) is 1. The van der Waals surface area contributed by atoms with E-state index in [2.05, 4.69) is 90.3 Å². The smallest absolute Gasteiger partial charge is 0.0659 e. The van der Waals surface area contributed by atoms with Crippen LogP contribution < -0.4 is 5.32 Å². The summed E-state index contributed by atoms with van der Waals surface area (Å²) in [6.07, 6.45) is 4.07. The van der Waals surface area contributed by atoms with Crippen LogP contribution in [0.5, 0.6) is 0 Å². The van der Waals surface area contributed by atoms with E-state index in [-0.39, 0.29) is 6.04 Å². The number of fused-ring (bicyclic) bond motifs is 1. The highest BCUT2D eigenvalue weighted by atomic mass is 15.3. The Labute approximate surface area is 154 Å². The number of hydrogen-bond acceptors (Lipinski definition) is 2. The third-order valence-corrected chi connectivity index (χ3v) is 4.78. The molecule has 3 heteroatoms. The van der Waals surface area contributed by atoms with Crippen molar-refractivity contribution in [3.8, 4) is 0 Å². The van der Waals surface area contributed by atoms with Gasteiger partial charge >= 0.3 is 0 Å². The molecule has 0 saturated carbocycles. The predicted octanol–water partition coefficient (Wildman–Crippen LogP) is 4.94. The molecular formula is C23H23N3. The summed E-state index contributed by atoms with van der Waals surface area (Å²) in [5, 5.41) is 10.7. The van der Waals surface area contributed by atoms with Gasteiger partial charge < -0.3 is 5.32 Å². The van der Waals surface area contributed by atoms with Gasteiger partial charge in [-0.15, -0.1) is 0 Å². The van der Waals surface area contributed by atoms with Crippen molar-refractivity contribution >= 4 is 10.8 Å². The highest BCUT2D eigenvalue weighted by molar-refractivity contribution is 5.86. The lowest BCUT2D eigenvalue weighted by atomic mass is 9.99. The molecule has 0 saturated heterocycles. The zero-order valence-corrected chi connectivity index (χ0v) is 15.0. The van der Waals surface area contributed by atoms with Gasteiger partial charge in [-0.25, -0.2) is 0 Å². The second-order valence-corrected chi connectivity index (χ2v) is 6.70. The minimum Gasteiger partial charge on any atom is -0.306 e. The maximum Gasteiger partial charge on any atom is 0.0659 e. The summed E-state index contributed by atoms with van der Waals surface area (Å²) in [4.78, 5) is 0. The van der Waals surface area contributed by atoms with Crippen molar-refractivity contribution in [3.05, 3.63) is 102 Å². The number of hydrogen-bond donors (Lipinski definition) is 1. The zero-order chi connectivity index (χ0) is 17.8. The first kappa shape index (κ1) is 16.6.